The zero-order valence-corrected chi connectivity index (χ0v) is 9.86. The second-order valence-electron chi connectivity index (χ2n) is 4.75. The van der Waals surface area contributed by atoms with E-state index >= 15 is 0 Å². The molecule has 16 heavy (non-hydrogen) atoms. The van der Waals surface area contributed by atoms with Crippen LogP contribution in [0.5, 0.6) is 5.75 Å². The summed E-state index contributed by atoms with van der Waals surface area (Å²) in [5.41, 5.74) is 6.27. The summed E-state index contributed by atoms with van der Waals surface area (Å²) in [6, 6.07) is 7.20. The summed E-state index contributed by atoms with van der Waals surface area (Å²) < 4.78 is 0. The zero-order chi connectivity index (χ0) is 12.2. The Bertz CT molecular complexity index is 355. The molecule has 0 spiro atoms. The molecule has 88 valence electrons. The Kier molecular flexibility index (Phi) is 3.93. The van der Waals surface area contributed by atoms with Crippen LogP contribution in [0.15, 0.2) is 24.3 Å². The molecule has 1 aromatic rings. The summed E-state index contributed by atoms with van der Waals surface area (Å²) in [4.78, 5) is 10.7. The maximum absolute atomic E-state index is 10.7. The molecule has 0 saturated carbocycles. The van der Waals surface area contributed by atoms with Gasteiger partial charge in [0.1, 0.15) is 5.75 Å². The van der Waals surface area contributed by atoms with Crippen LogP contribution in [0.4, 0.5) is 0 Å². The van der Waals surface area contributed by atoms with E-state index in [1.807, 2.05) is 12.1 Å². The number of phenols is 1. The van der Waals surface area contributed by atoms with Gasteiger partial charge in [-0.25, -0.2) is 0 Å². The van der Waals surface area contributed by atoms with Gasteiger partial charge in [-0.1, -0.05) is 26.0 Å². The van der Waals surface area contributed by atoms with Crippen LogP contribution in [0.2, 0.25) is 0 Å². The van der Waals surface area contributed by atoms with Crippen molar-refractivity contribution in [3.8, 4) is 5.75 Å². The van der Waals surface area contributed by atoms with E-state index in [9.17, 15) is 9.90 Å². The third-order valence-electron chi connectivity index (χ3n) is 2.87. The molecule has 3 nitrogen and oxygen atoms in total. The van der Waals surface area contributed by atoms with E-state index in [-0.39, 0.29) is 17.1 Å². The molecule has 1 aromatic carbocycles. The van der Waals surface area contributed by atoms with Gasteiger partial charge >= 0.3 is 0 Å². The Labute approximate surface area is 96.3 Å². The van der Waals surface area contributed by atoms with E-state index in [4.69, 9.17) is 5.73 Å². The molecule has 0 bridgehead atoms. The van der Waals surface area contributed by atoms with Crippen molar-refractivity contribution in [1.29, 1.82) is 0 Å². The highest BCUT2D eigenvalue weighted by atomic mass is 16.3. The van der Waals surface area contributed by atoms with Crippen LogP contribution in [0.1, 0.15) is 38.7 Å². The highest BCUT2D eigenvalue weighted by Crippen LogP contribution is 2.29. The van der Waals surface area contributed by atoms with E-state index in [2.05, 4.69) is 13.8 Å². The SMILES string of the molecule is CC(C)(CCCC(N)=O)c1ccc(O)cc1. The minimum atomic E-state index is -0.249. The number of phenolic OH excluding ortho intramolecular Hbond substituents is 1. The first-order valence-corrected chi connectivity index (χ1v) is 5.49. The van der Waals surface area contributed by atoms with Crippen LogP contribution in [0.25, 0.3) is 0 Å². The Morgan fingerprint density at radius 2 is 1.88 bits per heavy atom. The number of rotatable bonds is 5. The first-order valence-electron chi connectivity index (χ1n) is 5.49. The largest absolute Gasteiger partial charge is 0.508 e. The van der Waals surface area contributed by atoms with Gasteiger partial charge in [-0.05, 0) is 36.0 Å². The van der Waals surface area contributed by atoms with E-state index < -0.39 is 0 Å². The molecule has 3 N–H and O–H groups in total. The molecule has 0 aliphatic heterocycles. The maximum Gasteiger partial charge on any atom is 0.217 e. The van der Waals surface area contributed by atoms with Crippen molar-refractivity contribution in [2.24, 2.45) is 5.73 Å². The lowest BCUT2D eigenvalue weighted by Gasteiger charge is -2.25. The minimum Gasteiger partial charge on any atom is -0.508 e. The fourth-order valence-corrected chi connectivity index (χ4v) is 1.76. The maximum atomic E-state index is 10.7. The number of amides is 1. The van der Waals surface area contributed by atoms with E-state index in [0.29, 0.717) is 6.42 Å². The Balaban J connectivity index is 2.62. The average molecular weight is 221 g/mol. The molecule has 0 fully saturated rings. The summed E-state index contributed by atoms with van der Waals surface area (Å²) in [6.07, 6.45) is 2.13. The Morgan fingerprint density at radius 3 is 2.38 bits per heavy atom. The number of carbonyl (C=O) groups excluding carboxylic acids is 1. The predicted molar refractivity (Wildman–Crippen MR) is 64.2 cm³/mol. The molecule has 0 aliphatic carbocycles. The van der Waals surface area contributed by atoms with Crippen molar-refractivity contribution in [3.63, 3.8) is 0 Å². The molecule has 3 heteroatoms. The van der Waals surface area contributed by atoms with Gasteiger partial charge in [-0.2, -0.15) is 0 Å². The lowest BCUT2D eigenvalue weighted by Crippen LogP contribution is -2.18. The number of carbonyl (C=O) groups is 1. The third-order valence-corrected chi connectivity index (χ3v) is 2.87. The van der Waals surface area contributed by atoms with Gasteiger partial charge in [0.25, 0.3) is 0 Å². The van der Waals surface area contributed by atoms with E-state index in [0.717, 1.165) is 18.4 Å². The van der Waals surface area contributed by atoms with Crippen molar-refractivity contribution >= 4 is 5.91 Å². The summed E-state index contributed by atoms with van der Waals surface area (Å²) >= 11 is 0. The third kappa shape index (κ3) is 3.57. The summed E-state index contributed by atoms with van der Waals surface area (Å²) in [5, 5.41) is 9.21. The van der Waals surface area contributed by atoms with Crippen LogP contribution in [-0.4, -0.2) is 11.0 Å². The van der Waals surface area contributed by atoms with Gasteiger partial charge in [-0.3, -0.25) is 4.79 Å². The standard InChI is InChI=1S/C13H19NO2/c1-13(2,9-3-4-12(14)16)10-5-7-11(15)8-6-10/h5-8,15H,3-4,9H2,1-2H3,(H2,14,16). The Morgan fingerprint density at radius 1 is 1.31 bits per heavy atom. The molecule has 0 aliphatic rings. The fraction of sp³-hybridized carbons (Fsp3) is 0.462. The first-order chi connectivity index (χ1) is 7.42. The lowest BCUT2D eigenvalue weighted by molar-refractivity contribution is -0.118. The van der Waals surface area contributed by atoms with Gasteiger partial charge in [0.05, 0.1) is 0 Å². The van der Waals surface area contributed by atoms with Crippen LogP contribution < -0.4 is 5.73 Å². The molecule has 0 aromatic heterocycles. The summed E-state index contributed by atoms with van der Waals surface area (Å²) in [6.45, 7) is 4.25. The lowest BCUT2D eigenvalue weighted by atomic mass is 9.80. The molecule has 0 radical (unpaired) electrons. The fourth-order valence-electron chi connectivity index (χ4n) is 1.76. The molecule has 1 amide bonds. The molecule has 0 saturated heterocycles. The van der Waals surface area contributed by atoms with Crippen molar-refractivity contribution in [2.75, 3.05) is 0 Å². The second kappa shape index (κ2) is 5.01. The summed E-state index contributed by atoms with van der Waals surface area (Å²) in [7, 11) is 0. The molecule has 0 heterocycles. The number of benzene rings is 1. The quantitative estimate of drug-likeness (QED) is 0.801. The molecular formula is C13H19NO2. The van der Waals surface area contributed by atoms with E-state index in [1.54, 1.807) is 12.1 Å². The monoisotopic (exact) mass is 221 g/mol. The second-order valence-corrected chi connectivity index (χ2v) is 4.75. The van der Waals surface area contributed by atoms with Crippen LogP contribution >= 0.6 is 0 Å². The van der Waals surface area contributed by atoms with Gasteiger partial charge in [0.15, 0.2) is 0 Å². The Hall–Kier alpha value is -1.51. The van der Waals surface area contributed by atoms with Crippen LogP contribution in [0.3, 0.4) is 0 Å². The first kappa shape index (κ1) is 12.6. The van der Waals surface area contributed by atoms with E-state index in [1.165, 1.54) is 0 Å². The zero-order valence-electron chi connectivity index (χ0n) is 9.86. The summed E-state index contributed by atoms with van der Waals surface area (Å²) in [5.74, 6) is 0.0261. The molecular weight excluding hydrogens is 202 g/mol. The number of aromatic hydroxyl groups is 1. The number of nitrogens with two attached hydrogens (primary N) is 1. The van der Waals surface area contributed by atoms with Gasteiger partial charge < -0.3 is 10.8 Å². The predicted octanol–water partition coefficient (Wildman–Crippen LogP) is 2.33. The number of hydrogen-bond acceptors (Lipinski definition) is 2. The van der Waals surface area contributed by atoms with Gasteiger partial charge in [0.2, 0.25) is 5.91 Å². The highest BCUT2D eigenvalue weighted by molar-refractivity contribution is 5.73. The van der Waals surface area contributed by atoms with Gasteiger partial charge in [-0.15, -0.1) is 0 Å². The van der Waals surface area contributed by atoms with Crippen molar-refractivity contribution in [3.05, 3.63) is 29.8 Å². The highest BCUT2D eigenvalue weighted by Gasteiger charge is 2.20. The van der Waals surface area contributed by atoms with Crippen LogP contribution in [-0.2, 0) is 10.2 Å². The average Bonchev–Trinajstić information content (AvgIpc) is 2.17. The topological polar surface area (TPSA) is 63.3 Å². The van der Waals surface area contributed by atoms with Crippen LogP contribution in [0, 0.1) is 0 Å². The van der Waals surface area contributed by atoms with Crippen molar-refractivity contribution in [1.82, 2.24) is 0 Å². The van der Waals surface area contributed by atoms with Crippen molar-refractivity contribution in [2.45, 2.75) is 38.5 Å². The minimum absolute atomic E-state index is 0.00313. The van der Waals surface area contributed by atoms with Gasteiger partial charge in [0, 0.05) is 6.42 Å². The molecule has 1 rings (SSSR count). The molecule has 0 atom stereocenters. The number of primary amides is 1. The normalized spacial score (nSPS) is 11.4. The smallest absolute Gasteiger partial charge is 0.217 e. The van der Waals surface area contributed by atoms with Crippen molar-refractivity contribution < 1.29 is 9.90 Å². The molecule has 0 unspecified atom stereocenters. The number of hydrogen-bond donors (Lipinski definition) is 2.